The number of aliphatic carboxylic acids is 1. The smallest absolute Gasteiger partial charge is 0.323 e. The SMILES string of the molecule is O=C(O)[C@@H]1C[C@@H](O)CN1F. The average molecular weight is 149 g/mol. The van der Waals surface area contributed by atoms with Gasteiger partial charge in [0, 0.05) is 6.42 Å². The predicted molar refractivity (Wildman–Crippen MR) is 29.9 cm³/mol. The van der Waals surface area contributed by atoms with E-state index in [-0.39, 0.29) is 18.1 Å². The number of carboxylic acid groups (broad SMARTS) is 1. The number of carbonyl (C=O) groups is 1. The summed E-state index contributed by atoms with van der Waals surface area (Å²) < 4.78 is 12.4. The summed E-state index contributed by atoms with van der Waals surface area (Å²) in [5, 5.41) is 17.2. The lowest BCUT2D eigenvalue weighted by molar-refractivity contribution is -0.148. The highest BCUT2D eigenvalue weighted by Crippen LogP contribution is 2.17. The molecule has 1 fully saturated rings. The van der Waals surface area contributed by atoms with Gasteiger partial charge in [0.1, 0.15) is 6.04 Å². The van der Waals surface area contributed by atoms with E-state index in [0.29, 0.717) is 0 Å². The van der Waals surface area contributed by atoms with Crippen LogP contribution < -0.4 is 0 Å². The second kappa shape index (κ2) is 2.51. The molecule has 58 valence electrons. The van der Waals surface area contributed by atoms with Crippen molar-refractivity contribution in [3.05, 3.63) is 0 Å². The lowest BCUT2D eigenvalue weighted by Crippen LogP contribution is -2.29. The van der Waals surface area contributed by atoms with Crippen LogP contribution in [-0.4, -0.2) is 40.0 Å². The Balaban J connectivity index is 2.54. The van der Waals surface area contributed by atoms with E-state index in [4.69, 9.17) is 10.2 Å². The first-order chi connectivity index (χ1) is 4.61. The van der Waals surface area contributed by atoms with Gasteiger partial charge in [0.2, 0.25) is 0 Å². The Morgan fingerprint density at radius 2 is 2.30 bits per heavy atom. The van der Waals surface area contributed by atoms with Gasteiger partial charge in [-0.3, -0.25) is 4.79 Å². The summed E-state index contributed by atoms with van der Waals surface area (Å²) in [6.45, 7) is -0.197. The van der Waals surface area contributed by atoms with Crippen LogP contribution in [-0.2, 0) is 4.79 Å². The predicted octanol–water partition coefficient (Wildman–Crippen LogP) is -0.609. The molecule has 5 heteroatoms. The van der Waals surface area contributed by atoms with E-state index in [0.717, 1.165) is 0 Å². The zero-order valence-electron chi connectivity index (χ0n) is 5.20. The van der Waals surface area contributed by atoms with E-state index in [1.54, 1.807) is 0 Å². The van der Waals surface area contributed by atoms with Gasteiger partial charge in [-0.2, -0.15) is 0 Å². The maximum atomic E-state index is 12.4. The topological polar surface area (TPSA) is 60.8 Å². The van der Waals surface area contributed by atoms with E-state index >= 15 is 0 Å². The van der Waals surface area contributed by atoms with E-state index in [9.17, 15) is 9.28 Å². The molecule has 2 atom stereocenters. The van der Waals surface area contributed by atoms with Crippen molar-refractivity contribution >= 4 is 5.97 Å². The Hall–Kier alpha value is -0.680. The number of nitrogens with zero attached hydrogens (tertiary/aromatic N) is 1. The first-order valence-corrected chi connectivity index (χ1v) is 2.94. The Labute approximate surface area is 56.8 Å². The van der Waals surface area contributed by atoms with Crippen molar-refractivity contribution in [3.8, 4) is 0 Å². The van der Waals surface area contributed by atoms with E-state index in [2.05, 4.69) is 0 Å². The zero-order chi connectivity index (χ0) is 7.72. The summed E-state index contributed by atoms with van der Waals surface area (Å²) in [5.41, 5.74) is 0. The molecule has 1 aliphatic heterocycles. The third-order valence-electron chi connectivity index (χ3n) is 1.50. The largest absolute Gasteiger partial charge is 0.480 e. The fraction of sp³-hybridized carbons (Fsp3) is 0.800. The first kappa shape index (κ1) is 7.43. The maximum Gasteiger partial charge on any atom is 0.323 e. The summed E-state index contributed by atoms with van der Waals surface area (Å²) >= 11 is 0. The minimum Gasteiger partial charge on any atom is -0.480 e. The van der Waals surface area contributed by atoms with Crippen molar-refractivity contribution in [3.63, 3.8) is 0 Å². The number of hydrogen-bond donors (Lipinski definition) is 2. The molecule has 1 saturated heterocycles. The van der Waals surface area contributed by atoms with E-state index in [1.807, 2.05) is 0 Å². The monoisotopic (exact) mass is 149 g/mol. The minimum atomic E-state index is -1.22. The number of aliphatic hydroxyl groups is 1. The summed E-state index contributed by atoms with van der Waals surface area (Å²) in [7, 11) is 0. The van der Waals surface area contributed by atoms with Crippen LogP contribution in [0.3, 0.4) is 0 Å². The summed E-state index contributed by atoms with van der Waals surface area (Å²) in [6, 6.07) is -1.16. The number of β-amino-alcohol motifs (C(OH)–C–C–N with tert-alkyl or cyclic N) is 1. The highest BCUT2D eigenvalue weighted by Gasteiger charge is 2.36. The standard InChI is InChI=1S/C5H8FNO3/c6-7-2-3(8)1-4(7)5(9)10/h3-4,8H,1-2H2,(H,9,10)/t3-,4+/m1/s1. The lowest BCUT2D eigenvalue weighted by Gasteiger charge is -2.07. The molecule has 2 N–H and O–H groups in total. The Kier molecular flexibility index (Phi) is 1.87. The van der Waals surface area contributed by atoms with E-state index in [1.165, 1.54) is 0 Å². The Bertz CT molecular complexity index is 152. The van der Waals surface area contributed by atoms with Crippen molar-refractivity contribution in [2.45, 2.75) is 18.6 Å². The average Bonchev–Trinajstić information content (AvgIpc) is 2.10. The summed E-state index contributed by atoms with van der Waals surface area (Å²) in [4.78, 5) is 10.2. The molecule has 10 heavy (non-hydrogen) atoms. The van der Waals surface area contributed by atoms with Gasteiger partial charge in [0.05, 0.1) is 12.6 Å². The van der Waals surface area contributed by atoms with Crippen LogP contribution >= 0.6 is 0 Å². The third-order valence-corrected chi connectivity index (χ3v) is 1.50. The van der Waals surface area contributed by atoms with Gasteiger partial charge in [-0.25, -0.2) is 0 Å². The van der Waals surface area contributed by atoms with Crippen molar-refractivity contribution in [2.24, 2.45) is 0 Å². The molecule has 0 aromatic carbocycles. The van der Waals surface area contributed by atoms with Crippen LogP contribution in [0.2, 0.25) is 0 Å². The minimum absolute atomic E-state index is 0.0220. The first-order valence-electron chi connectivity index (χ1n) is 2.94. The summed E-state index contributed by atoms with van der Waals surface area (Å²) in [6.07, 6.45) is -0.864. The fourth-order valence-corrected chi connectivity index (χ4v) is 0.996. The van der Waals surface area contributed by atoms with Gasteiger partial charge < -0.3 is 10.2 Å². The van der Waals surface area contributed by atoms with Crippen LogP contribution in [0.4, 0.5) is 4.48 Å². The molecule has 0 radical (unpaired) electrons. The summed E-state index contributed by atoms with van der Waals surface area (Å²) in [5.74, 6) is -1.22. The Morgan fingerprint density at radius 1 is 1.70 bits per heavy atom. The van der Waals surface area contributed by atoms with Gasteiger partial charge in [-0.15, -0.1) is 9.60 Å². The van der Waals surface area contributed by atoms with Crippen LogP contribution in [0, 0.1) is 0 Å². The van der Waals surface area contributed by atoms with Gasteiger partial charge >= 0.3 is 5.97 Å². The molecule has 4 nitrogen and oxygen atoms in total. The molecular formula is C5H8FNO3. The molecule has 1 aliphatic rings. The van der Waals surface area contributed by atoms with Crippen LogP contribution in [0.15, 0.2) is 0 Å². The molecule has 1 rings (SSSR count). The number of hydrogen-bond acceptors (Lipinski definition) is 3. The quantitative estimate of drug-likeness (QED) is 0.488. The second-order valence-electron chi connectivity index (χ2n) is 2.33. The highest BCUT2D eigenvalue weighted by atomic mass is 19.2. The number of rotatable bonds is 1. The third kappa shape index (κ3) is 1.25. The molecule has 0 amide bonds. The molecule has 0 aliphatic carbocycles. The van der Waals surface area contributed by atoms with E-state index < -0.39 is 18.1 Å². The van der Waals surface area contributed by atoms with Crippen molar-refractivity contribution in [1.82, 2.24) is 5.12 Å². The van der Waals surface area contributed by atoms with Crippen molar-refractivity contribution < 1.29 is 19.5 Å². The second-order valence-corrected chi connectivity index (χ2v) is 2.33. The number of carboxylic acids is 1. The van der Waals surface area contributed by atoms with Crippen LogP contribution in [0.25, 0.3) is 0 Å². The van der Waals surface area contributed by atoms with Crippen molar-refractivity contribution in [2.75, 3.05) is 6.54 Å². The molecule has 0 unspecified atom stereocenters. The normalized spacial score (nSPS) is 34.6. The molecule has 0 aromatic heterocycles. The molecule has 0 bridgehead atoms. The van der Waals surface area contributed by atoms with Crippen LogP contribution in [0.5, 0.6) is 0 Å². The van der Waals surface area contributed by atoms with Gasteiger partial charge in [-0.05, 0) is 0 Å². The van der Waals surface area contributed by atoms with Crippen molar-refractivity contribution in [1.29, 1.82) is 0 Å². The molecule has 0 aromatic rings. The Morgan fingerprint density at radius 3 is 2.50 bits per heavy atom. The number of aliphatic hydroxyl groups excluding tert-OH is 1. The lowest BCUT2D eigenvalue weighted by atomic mass is 10.2. The van der Waals surface area contributed by atoms with Gasteiger partial charge in [0.15, 0.2) is 0 Å². The van der Waals surface area contributed by atoms with Gasteiger partial charge in [0.25, 0.3) is 0 Å². The molecular weight excluding hydrogens is 141 g/mol. The molecule has 0 saturated carbocycles. The zero-order valence-corrected chi connectivity index (χ0v) is 5.20. The van der Waals surface area contributed by atoms with Gasteiger partial charge in [-0.1, -0.05) is 0 Å². The fourth-order valence-electron chi connectivity index (χ4n) is 0.996. The molecule has 0 spiro atoms. The number of halogens is 1. The highest BCUT2D eigenvalue weighted by molar-refractivity contribution is 5.73. The van der Waals surface area contributed by atoms with Crippen LogP contribution in [0.1, 0.15) is 6.42 Å². The molecule has 1 heterocycles. The maximum absolute atomic E-state index is 12.4.